The highest BCUT2D eigenvalue weighted by Crippen LogP contribution is 2.42. The van der Waals surface area contributed by atoms with Gasteiger partial charge in [0.1, 0.15) is 5.75 Å². The normalized spacial score (nSPS) is 18.4. The Hall–Kier alpha value is -2.22. The average Bonchev–Trinajstić information content (AvgIpc) is 3.34. The summed E-state index contributed by atoms with van der Waals surface area (Å²) in [6.07, 6.45) is -2.42. The molecule has 8 heteroatoms. The number of nitrogens with zero attached hydrogens (tertiary/aromatic N) is 3. The molecule has 1 aromatic carbocycles. The lowest BCUT2D eigenvalue weighted by molar-refractivity contribution is -0.274. The molecule has 0 bridgehead atoms. The molecule has 2 heterocycles. The fourth-order valence-corrected chi connectivity index (χ4v) is 3.10. The van der Waals surface area contributed by atoms with E-state index in [1.165, 1.54) is 12.1 Å². The highest BCUT2D eigenvalue weighted by atomic mass is 19.4. The van der Waals surface area contributed by atoms with Crippen LogP contribution in [0.15, 0.2) is 30.3 Å². The van der Waals surface area contributed by atoms with Crippen molar-refractivity contribution in [1.29, 1.82) is 0 Å². The molecular weight excluding hydrogens is 333 g/mol. The summed E-state index contributed by atoms with van der Waals surface area (Å²) in [7, 11) is 0. The average molecular weight is 352 g/mol. The highest BCUT2D eigenvalue weighted by Gasteiger charge is 2.32. The van der Waals surface area contributed by atoms with Crippen LogP contribution in [0.1, 0.15) is 24.5 Å². The minimum atomic E-state index is -4.68. The minimum Gasteiger partial charge on any atom is -0.406 e. The van der Waals surface area contributed by atoms with Crippen LogP contribution < -0.4 is 15.0 Å². The Morgan fingerprint density at radius 3 is 2.36 bits per heavy atom. The van der Waals surface area contributed by atoms with Crippen molar-refractivity contribution < 1.29 is 17.9 Å². The van der Waals surface area contributed by atoms with E-state index >= 15 is 0 Å². The SMILES string of the molecule is FC(F)(F)Oc1ccc(-n2nc(N3CCNCC3)cc2C2CC2)cc1. The zero-order valence-electron chi connectivity index (χ0n) is 13.6. The van der Waals surface area contributed by atoms with Gasteiger partial charge in [0.2, 0.25) is 0 Å². The molecule has 0 radical (unpaired) electrons. The number of anilines is 1. The van der Waals surface area contributed by atoms with Crippen LogP contribution in [0.3, 0.4) is 0 Å². The summed E-state index contributed by atoms with van der Waals surface area (Å²) < 4.78 is 42.7. The number of benzene rings is 1. The zero-order valence-corrected chi connectivity index (χ0v) is 13.6. The summed E-state index contributed by atoms with van der Waals surface area (Å²) >= 11 is 0. The first kappa shape index (κ1) is 16.3. The fraction of sp³-hybridized carbons (Fsp3) is 0.471. The van der Waals surface area contributed by atoms with Crippen LogP contribution in [0.4, 0.5) is 19.0 Å². The maximum absolute atomic E-state index is 12.3. The molecule has 2 aromatic rings. The van der Waals surface area contributed by atoms with Gasteiger partial charge in [-0.1, -0.05) is 0 Å². The van der Waals surface area contributed by atoms with Crippen LogP contribution in [0.25, 0.3) is 5.69 Å². The number of ether oxygens (including phenoxy) is 1. The Kier molecular flexibility index (Phi) is 4.07. The van der Waals surface area contributed by atoms with Crippen LogP contribution >= 0.6 is 0 Å². The van der Waals surface area contributed by atoms with E-state index in [-0.39, 0.29) is 5.75 Å². The number of hydrogen-bond donors (Lipinski definition) is 1. The van der Waals surface area contributed by atoms with E-state index in [2.05, 4.69) is 21.0 Å². The van der Waals surface area contributed by atoms with Crippen molar-refractivity contribution in [1.82, 2.24) is 15.1 Å². The first-order valence-electron chi connectivity index (χ1n) is 8.41. The Bertz CT molecular complexity index is 731. The topological polar surface area (TPSA) is 42.3 Å². The molecule has 1 aromatic heterocycles. The molecule has 1 saturated carbocycles. The van der Waals surface area contributed by atoms with Crippen LogP contribution in [0.5, 0.6) is 5.75 Å². The van der Waals surface area contributed by atoms with Gasteiger partial charge in [-0.25, -0.2) is 4.68 Å². The second-order valence-corrected chi connectivity index (χ2v) is 6.39. The van der Waals surface area contributed by atoms with Gasteiger partial charge in [0.15, 0.2) is 5.82 Å². The second-order valence-electron chi connectivity index (χ2n) is 6.39. The van der Waals surface area contributed by atoms with Gasteiger partial charge in [-0.05, 0) is 37.1 Å². The van der Waals surface area contributed by atoms with Gasteiger partial charge in [0, 0.05) is 43.9 Å². The molecule has 1 saturated heterocycles. The molecule has 2 aliphatic rings. The molecule has 0 unspecified atom stereocenters. The molecule has 1 aliphatic heterocycles. The van der Waals surface area contributed by atoms with Crippen molar-refractivity contribution in [2.24, 2.45) is 0 Å². The van der Waals surface area contributed by atoms with Gasteiger partial charge in [-0.2, -0.15) is 5.10 Å². The number of piperazine rings is 1. The molecule has 5 nitrogen and oxygen atoms in total. The first-order valence-corrected chi connectivity index (χ1v) is 8.41. The van der Waals surface area contributed by atoms with Gasteiger partial charge < -0.3 is 15.0 Å². The molecule has 4 rings (SSSR count). The van der Waals surface area contributed by atoms with Crippen molar-refractivity contribution in [3.8, 4) is 11.4 Å². The molecule has 0 atom stereocenters. The Morgan fingerprint density at radius 1 is 1.08 bits per heavy atom. The summed E-state index contributed by atoms with van der Waals surface area (Å²) in [5, 5.41) is 8.04. The van der Waals surface area contributed by atoms with Crippen LogP contribution in [-0.2, 0) is 0 Å². The summed E-state index contributed by atoms with van der Waals surface area (Å²) in [5.41, 5.74) is 1.87. The van der Waals surface area contributed by atoms with Crippen molar-refractivity contribution >= 4 is 5.82 Å². The van der Waals surface area contributed by atoms with E-state index in [4.69, 9.17) is 5.10 Å². The molecule has 134 valence electrons. The van der Waals surface area contributed by atoms with Crippen molar-refractivity contribution in [2.75, 3.05) is 31.1 Å². The lowest BCUT2D eigenvalue weighted by atomic mass is 10.2. The first-order chi connectivity index (χ1) is 12.0. The molecule has 1 aliphatic carbocycles. The van der Waals surface area contributed by atoms with E-state index < -0.39 is 6.36 Å². The van der Waals surface area contributed by atoms with Gasteiger partial charge >= 0.3 is 6.36 Å². The Balaban J connectivity index is 1.61. The number of rotatable bonds is 4. The largest absolute Gasteiger partial charge is 0.573 e. The quantitative estimate of drug-likeness (QED) is 0.918. The lowest BCUT2D eigenvalue weighted by Gasteiger charge is -2.27. The van der Waals surface area contributed by atoms with Gasteiger partial charge in [0.05, 0.1) is 5.69 Å². The van der Waals surface area contributed by atoms with Gasteiger partial charge in [-0.3, -0.25) is 0 Å². The standard InChI is InChI=1S/C17H19F3N4O/c18-17(19,20)25-14-5-3-13(4-6-14)24-15(12-1-2-12)11-16(22-24)23-9-7-21-8-10-23/h3-6,11-12,21H,1-2,7-10H2. The maximum atomic E-state index is 12.3. The Labute approximate surface area is 143 Å². The molecule has 1 N–H and O–H groups in total. The monoisotopic (exact) mass is 352 g/mol. The summed E-state index contributed by atoms with van der Waals surface area (Å²) in [5.74, 6) is 1.19. The third kappa shape index (κ3) is 3.73. The minimum absolute atomic E-state index is 0.223. The zero-order chi connectivity index (χ0) is 17.4. The van der Waals surface area contributed by atoms with Crippen molar-refractivity contribution in [3.05, 3.63) is 36.0 Å². The third-order valence-electron chi connectivity index (χ3n) is 4.48. The predicted molar refractivity (Wildman–Crippen MR) is 87.3 cm³/mol. The number of aromatic nitrogens is 2. The van der Waals surface area contributed by atoms with E-state index in [0.717, 1.165) is 56.2 Å². The van der Waals surface area contributed by atoms with Gasteiger partial charge in [-0.15, -0.1) is 13.2 Å². The summed E-state index contributed by atoms with van der Waals surface area (Å²) in [4.78, 5) is 2.24. The second kappa shape index (κ2) is 6.25. The van der Waals surface area contributed by atoms with Crippen molar-refractivity contribution in [2.45, 2.75) is 25.1 Å². The van der Waals surface area contributed by atoms with E-state index in [1.54, 1.807) is 12.1 Å². The predicted octanol–water partition coefficient (Wildman–Crippen LogP) is 3.06. The number of alkyl halides is 3. The highest BCUT2D eigenvalue weighted by molar-refractivity contribution is 5.47. The molecular formula is C17H19F3N4O. The lowest BCUT2D eigenvalue weighted by Crippen LogP contribution is -2.43. The van der Waals surface area contributed by atoms with E-state index in [0.29, 0.717) is 5.92 Å². The Morgan fingerprint density at radius 2 is 1.76 bits per heavy atom. The molecule has 0 spiro atoms. The van der Waals surface area contributed by atoms with E-state index in [1.807, 2.05) is 4.68 Å². The number of halogens is 3. The fourth-order valence-electron chi connectivity index (χ4n) is 3.10. The third-order valence-corrected chi connectivity index (χ3v) is 4.48. The maximum Gasteiger partial charge on any atom is 0.573 e. The molecule has 0 amide bonds. The molecule has 2 fully saturated rings. The number of hydrogen-bond acceptors (Lipinski definition) is 4. The summed E-state index contributed by atoms with van der Waals surface area (Å²) in [6.45, 7) is 3.66. The van der Waals surface area contributed by atoms with Crippen molar-refractivity contribution in [3.63, 3.8) is 0 Å². The number of nitrogens with one attached hydrogen (secondary N) is 1. The van der Waals surface area contributed by atoms with Crippen LogP contribution in [0.2, 0.25) is 0 Å². The van der Waals surface area contributed by atoms with Gasteiger partial charge in [0.25, 0.3) is 0 Å². The summed E-state index contributed by atoms with van der Waals surface area (Å²) in [6, 6.07) is 7.99. The van der Waals surface area contributed by atoms with Crippen LogP contribution in [0, 0.1) is 0 Å². The smallest absolute Gasteiger partial charge is 0.406 e. The van der Waals surface area contributed by atoms with Crippen LogP contribution in [-0.4, -0.2) is 42.3 Å². The molecule has 25 heavy (non-hydrogen) atoms. The van der Waals surface area contributed by atoms with E-state index in [9.17, 15) is 13.2 Å².